The molecule has 4 nitrogen and oxygen atoms in total. The van der Waals surface area contributed by atoms with E-state index in [1.165, 1.54) is 0 Å². The average molecular weight is 399 g/mol. The van der Waals surface area contributed by atoms with Gasteiger partial charge in [0.2, 0.25) is 0 Å². The van der Waals surface area contributed by atoms with Gasteiger partial charge in [0.15, 0.2) is 11.8 Å². The summed E-state index contributed by atoms with van der Waals surface area (Å²) in [6.07, 6.45) is -1.43. The van der Waals surface area contributed by atoms with Crippen LogP contribution in [0.2, 0.25) is 10.0 Å². The number of benzene rings is 2. The van der Waals surface area contributed by atoms with Gasteiger partial charge in [0.05, 0.1) is 18.7 Å². The number of halogens is 4. The van der Waals surface area contributed by atoms with Gasteiger partial charge in [0, 0.05) is 22.0 Å². The third-order valence-corrected chi connectivity index (χ3v) is 5.07. The topological polar surface area (TPSA) is 56.8 Å². The van der Waals surface area contributed by atoms with Crippen molar-refractivity contribution in [2.75, 3.05) is 13.2 Å². The quantitative estimate of drug-likeness (QED) is 0.771. The summed E-state index contributed by atoms with van der Waals surface area (Å²) in [5.41, 5.74) is 4.78. The van der Waals surface area contributed by atoms with Gasteiger partial charge in [-0.3, -0.25) is 0 Å². The summed E-state index contributed by atoms with van der Waals surface area (Å²) in [6.45, 7) is -0.0135. The highest BCUT2D eigenvalue weighted by molar-refractivity contribution is 6.35. The van der Waals surface area contributed by atoms with Crippen LogP contribution in [0.4, 0.5) is 8.78 Å². The maximum Gasteiger partial charge on any atom is 0.283 e. The van der Waals surface area contributed by atoms with Crippen LogP contribution in [0.1, 0.15) is 12.0 Å². The van der Waals surface area contributed by atoms with Gasteiger partial charge in [0.1, 0.15) is 11.6 Å². The Hall–Kier alpha value is -2.05. The Morgan fingerprint density at radius 1 is 1.19 bits per heavy atom. The minimum absolute atomic E-state index is 0.00250. The molecule has 2 N–H and O–H groups in total. The molecule has 0 bridgehead atoms. The monoisotopic (exact) mass is 398 g/mol. The zero-order valence-electron chi connectivity index (χ0n) is 13.4. The number of ether oxygens (including phenoxy) is 2. The first kappa shape index (κ1) is 17.4. The summed E-state index contributed by atoms with van der Waals surface area (Å²) in [6, 6.07) is 7.68. The smallest absolute Gasteiger partial charge is 0.283 e. The van der Waals surface area contributed by atoms with Gasteiger partial charge >= 0.3 is 0 Å². The lowest BCUT2D eigenvalue weighted by Crippen LogP contribution is -2.51. The summed E-state index contributed by atoms with van der Waals surface area (Å²) in [7, 11) is 0. The molecule has 2 aliphatic rings. The lowest BCUT2D eigenvalue weighted by molar-refractivity contribution is -0.0658. The van der Waals surface area contributed by atoms with Crippen molar-refractivity contribution >= 4 is 29.2 Å². The summed E-state index contributed by atoms with van der Waals surface area (Å²) in [4.78, 5) is 3.77. The number of amidine groups is 1. The molecule has 26 heavy (non-hydrogen) atoms. The molecular formula is C18H14Cl2F2N2O2. The molecule has 2 aliphatic heterocycles. The second-order valence-corrected chi connectivity index (χ2v) is 7.07. The fourth-order valence-corrected chi connectivity index (χ4v) is 3.98. The molecule has 2 heterocycles. The summed E-state index contributed by atoms with van der Waals surface area (Å²) in [5.74, 6) is -0.430. The maximum atomic E-state index is 15.5. The van der Waals surface area contributed by atoms with Crippen molar-refractivity contribution in [3.8, 4) is 16.9 Å². The van der Waals surface area contributed by atoms with Gasteiger partial charge in [0.25, 0.3) is 6.02 Å². The number of hydrogen-bond donors (Lipinski definition) is 1. The van der Waals surface area contributed by atoms with Gasteiger partial charge in [-0.05, 0) is 35.9 Å². The van der Waals surface area contributed by atoms with Gasteiger partial charge < -0.3 is 15.2 Å². The largest absolute Gasteiger partial charge is 0.493 e. The third kappa shape index (κ3) is 2.68. The van der Waals surface area contributed by atoms with Crippen molar-refractivity contribution in [2.45, 2.75) is 18.2 Å². The lowest BCUT2D eigenvalue weighted by atomic mass is 9.81. The van der Waals surface area contributed by atoms with Crippen LogP contribution in [0, 0.1) is 5.82 Å². The maximum absolute atomic E-state index is 15.5. The van der Waals surface area contributed by atoms with E-state index < -0.39 is 17.6 Å². The molecule has 2 atom stereocenters. The molecule has 0 amide bonds. The Balaban J connectivity index is 1.93. The Kier molecular flexibility index (Phi) is 4.20. The number of fused-ring (bicyclic) bond motifs is 2. The van der Waals surface area contributed by atoms with Crippen LogP contribution in [-0.2, 0) is 10.3 Å². The lowest BCUT2D eigenvalue weighted by Gasteiger charge is -2.42. The van der Waals surface area contributed by atoms with E-state index in [0.29, 0.717) is 15.6 Å². The third-order valence-electron chi connectivity index (χ3n) is 4.63. The second kappa shape index (κ2) is 6.28. The van der Waals surface area contributed by atoms with Crippen LogP contribution < -0.4 is 10.5 Å². The van der Waals surface area contributed by atoms with Crippen LogP contribution in [0.5, 0.6) is 5.75 Å². The van der Waals surface area contributed by atoms with Crippen LogP contribution in [0.15, 0.2) is 35.3 Å². The number of nitrogens with two attached hydrogens (primary N) is 1. The van der Waals surface area contributed by atoms with Gasteiger partial charge in [-0.1, -0.05) is 23.2 Å². The number of alkyl halides is 1. The van der Waals surface area contributed by atoms with Crippen molar-refractivity contribution in [1.29, 1.82) is 0 Å². The summed E-state index contributed by atoms with van der Waals surface area (Å²) < 4.78 is 41.5. The minimum Gasteiger partial charge on any atom is -0.493 e. The van der Waals surface area contributed by atoms with E-state index in [9.17, 15) is 4.39 Å². The highest BCUT2D eigenvalue weighted by atomic mass is 35.5. The average Bonchev–Trinajstić information content (AvgIpc) is 2.58. The molecular weight excluding hydrogens is 385 g/mol. The van der Waals surface area contributed by atoms with E-state index in [0.717, 1.165) is 0 Å². The summed E-state index contributed by atoms with van der Waals surface area (Å²) in [5, 5.41) is 0.730. The zero-order chi connectivity index (χ0) is 18.5. The van der Waals surface area contributed by atoms with Crippen molar-refractivity contribution in [3.63, 3.8) is 0 Å². The first-order chi connectivity index (χ1) is 12.4. The second-order valence-electron chi connectivity index (χ2n) is 6.19. The highest BCUT2D eigenvalue weighted by Gasteiger charge is 2.52. The van der Waals surface area contributed by atoms with Gasteiger partial charge in [-0.2, -0.15) is 0 Å². The molecule has 0 saturated carbocycles. The van der Waals surface area contributed by atoms with Crippen LogP contribution in [0.25, 0.3) is 11.1 Å². The molecule has 4 rings (SSSR count). The van der Waals surface area contributed by atoms with Crippen molar-refractivity contribution in [3.05, 3.63) is 51.8 Å². The molecule has 0 aliphatic carbocycles. The highest BCUT2D eigenvalue weighted by Crippen LogP contribution is 2.48. The first-order valence-corrected chi connectivity index (χ1v) is 8.71. The molecule has 0 saturated heterocycles. The van der Waals surface area contributed by atoms with E-state index in [4.69, 9.17) is 38.4 Å². The van der Waals surface area contributed by atoms with E-state index >= 15 is 4.39 Å². The predicted molar refractivity (Wildman–Crippen MR) is 96.1 cm³/mol. The number of hydrogen-bond acceptors (Lipinski definition) is 4. The molecule has 0 radical (unpaired) electrons. The molecule has 2 aromatic rings. The van der Waals surface area contributed by atoms with Crippen LogP contribution >= 0.6 is 23.2 Å². The normalized spacial score (nSPS) is 24.5. The van der Waals surface area contributed by atoms with Crippen LogP contribution in [0.3, 0.4) is 0 Å². The number of rotatable bonds is 1. The first-order valence-electron chi connectivity index (χ1n) is 7.96. The number of nitrogens with zero attached hydrogens (tertiary/aromatic N) is 1. The standard InChI is InChI=1S/C18H14Cl2F2N2O2/c19-10-5-9(6-11(20)7-10)12-1-2-13-15(16(12)22)18(3-4-25-13)14(21)8-24-17(23)26-18/h1-2,5-7,14H,3-4,8H2,(H2,23,24)/t14-,18?/m1/s1. The minimum atomic E-state index is -1.57. The van der Waals surface area contributed by atoms with Crippen molar-refractivity contribution < 1.29 is 18.3 Å². The summed E-state index contributed by atoms with van der Waals surface area (Å²) >= 11 is 12.1. The van der Waals surface area contributed by atoms with E-state index in [1.54, 1.807) is 30.3 Å². The number of aliphatic imine (C=N–C) groups is 1. The van der Waals surface area contributed by atoms with Crippen molar-refractivity contribution in [1.82, 2.24) is 0 Å². The zero-order valence-corrected chi connectivity index (χ0v) is 15.0. The van der Waals surface area contributed by atoms with E-state index in [-0.39, 0.29) is 42.5 Å². The molecule has 136 valence electrons. The SMILES string of the molecule is NC1=NC[C@@H](F)C2(CCOc3ccc(-c4cc(Cl)cc(Cl)c4)c(F)c32)O1. The Labute approximate surface area is 158 Å². The van der Waals surface area contributed by atoms with E-state index in [2.05, 4.69) is 4.99 Å². The molecule has 8 heteroatoms. The van der Waals surface area contributed by atoms with Crippen molar-refractivity contribution in [2.24, 2.45) is 10.7 Å². The molecule has 0 fully saturated rings. The predicted octanol–water partition coefficient (Wildman–Crippen LogP) is 4.46. The fraction of sp³-hybridized carbons (Fsp3) is 0.278. The molecule has 2 aromatic carbocycles. The van der Waals surface area contributed by atoms with E-state index in [1.807, 2.05) is 0 Å². The van der Waals surface area contributed by atoms with Crippen LogP contribution in [-0.4, -0.2) is 25.3 Å². The molecule has 0 aromatic heterocycles. The Bertz CT molecular complexity index is 902. The molecule has 1 spiro atoms. The Morgan fingerprint density at radius 3 is 2.65 bits per heavy atom. The molecule has 1 unspecified atom stereocenters. The van der Waals surface area contributed by atoms with Gasteiger partial charge in [-0.25, -0.2) is 13.8 Å². The van der Waals surface area contributed by atoms with Gasteiger partial charge in [-0.15, -0.1) is 0 Å². The Morgan fingerprint density at radius 2 is 1.92 bits per heavy atom. The fourth-order valence-electron chi connectivity index (χ4n) is 3.46.